The second kappa shape index (κ2) is 3.88. The first-order chi connectivity index (χ1) is 6.75. The van der Waals surface area contributed by atoms with Gasteiger partial charge in [0.05, 0.1) is 18.9 Å². The van der Waals surface area contributed by atoms with Crippen molar-refractivity contribution in [3.63, 3.8) is 0 Å². The second-order valence-electron chi connectivity index (χ2n) is 3.64. The monoisotopic (exact) mass is 193 g/mol. The summed E-state index contributed by atoms with van der Waals surface area (Å²) in [5.41, 5.74) is 7.69. The average molecular weight is 193 g/mol. The summed E-state index contributed by atoms with van der Waals surface area (Å²) in [4.78, 5) is 0. The lowest BCUT2D eigenvalue weighted by atomic mass is 10.2. The van der Waals surface area contributed by atoms with Crippen LogP contribution in [0.25, 0.3) is 0 Å². The van der Waals surface area contributed by atoms with Crippen LogP contribution in [0.4, 0.5) is 5.69 Å². The Bertz CT molecular complexity index is 319. The van der Waals surface area contributed by atoms with Gasteiger partial charge in [0.2, 0.25) is 0 Å². The Kier molecular flexibility index (Phi) is 2.59. The highest BCUT2D eigenvalue weighted by molar-refractivity contribution is 5.54. The number of hydrogen-bond acceptors (Lipinski definition) is 3. The Morgan fingerprint density at radius 2 is 2.36 bits per heavy atom. The first kappa shape index (κ1) is 9.34. The molecular formula is C11H15NO2. The van der Waals surface area contributed by atoms with Crippen LogP contribution in [0.3, 0.4) is 0 Å². The van der Waals surface area contributed by atoms with Gasteiger partial charge in [0.15, 0.2) is 0 Å². The van der Waals surface area contributed by atoms with Gasteiger partial charge >= 0.3 is 0 Å². The van der Waals surface area contributed by atoms with Crippen molar-refractivity contribution in [2.45, 2.75) is 19.4 Å². The van der Waals surface area contributed by atoms with Crippen molar-refractivity contribution >= 4 is 5.69 Å². The SMILES string of the molecule is Cc1ccc(O[C@@H]2CCOC2)c(N)c1. The lowest BCUT2D eigenvalue weighted by molar-refractivity contribution is 0.142. The minimum atomic E-state index is 0.167. The van der Waals surface area contributed by atoms with Crippen LogP contribution >= 0.6 is 0 Å². The van der Waals surface area contributed by atoms with Crippen molar-refractivity contribution in [2.24, 2.45) is 0 Å². The third-order valence-electron chi connectivity index (χ3n) is 2.35. The third kappa shape index (κ3) is 1.99. The first-order valence-electron chi connectivity index (χ1n) is 4.86. The molecule has 1 aliphatic rings. The zero-order valence-corrected chi connectivity index (χ0v) is 8.32. The van der Waals surface area contributed by atoms with Gasteiger partial charge in [0.25, 0.3) is 0 Å². The predicted octanol–water partition coefficient (Wildman–Crippen LogP) is 1.74. The molecule has 3 heteroatoms. The van der Waals surface area contributed by atoms with E-state index in [1.165, 1.54) is 0 Å². The molecule has 0 radical (unpaired) electrons. The van der Waals surface area contributed by atoms with Gasteiger partial charge in [-0.3, -0.25) is 0 Å². The van der Waals surface area contributed by atoms with E-state index in [2.05, 4.69) is 0 Å². The van der Waals surface area contributed by atoms with E-state index in [9.17, 15) is 0 Å². The maximum absolute atomic E-state index is 5.83. The van der Waals surface area contributed by atoms with Gasteiger partial charge < -0.3 is 15.2 Å². The smallest absolute Gasteiger partial charge is 0.142 e. The van der Waals surface area contributed by atoms with Crippen LogP contribution in [-0.2, 0) is 4.74 Å². The average Bonchev–Trinajstić information content (AvgIpc) is 2.62. The molecular weight excluding hydrogens is 178 g/mol. The largest absolute Gasteiger partial charge is 0.486 e. The summed E-state index contributed by atoms with van der Waals surface area (Å²) in [6.07, 6.45) is 1.12. The van der Waals surface area contributed by atoms with Gasteiger partial charge in [0, 0.05) is 6.42 Å². The fourth-order valence-electron chi connectivity index (χ4n) is 1.56. The molecule has 0 unspecified atom stereocenters. The van der Waals surface area contributed by atoms with Crippen LogP contribution in [-0.4, -0.2) is 19.3 Å². The number of anilines is 1. The van der Waals surface area contributed by atoms with Gasteiger partial charge in [-0.25, -0.2) is 0 Å². The molecule has 1 atom stereocenters. The molecule has 0 spiro atoms. The first-order valence-corrected chi connectivity index (χ1v) is 4.86. The summed E-state index contributed by atoms with van der Waals surface area (Å²) in [6.45, 7) is 3.47. The second-order valence-corrected chi connectivity index (χ2v) is 3.64. The Labute approximate surface area is 83.8 Å². The number of rotatable bonds is 2. The summed E-state index contributed by atoms with van der Waals surface area (Å²) in [5, 5.41) is 0. The van der Waals surface area contributed by atoms with Gasteiger partial charge in [0.1, 0.15) is 11.9 Å². The van der Waals surface area contributed by atoms with Crippen molar-refractivity contribution in [3.05, 3.63) is 23.8 Å². The molecule has 1 aromatic rings. The van der Waals surface area contributed by atoms with Crippen molar-refractivity contribution in [2.75, 3.05) is 18.9 Å². The van der Waals surface area contributed by atoms with E-state index in [0.717, 1.165) is 24.3 Å². The van der Waals surface area contributed by atoms with Crippen LogP contribution in [0, 0.1) is 6.92 Å². The summed E-state index contributed by atoms with van der Waals surface area (Å²) in [7, 11) is 0. The third-order valence-corrected chi connectivity index (χ3v) is 2.35. The summed E-state index contributed by atoms with van der Waals surface area (Å²) >= 11 is 0. The van der Waals surface area contributed by atoms with Gasteiger partial charge in [-0.15, -0.1) is 0 Å². The van der Waals surface area contributed by atoms with Gasteiger partial charge in [-0.1, -0.05) is 6.07 Å². The van der Waals surface area contributed by atoms with E-state index in [-0.39, 0.29) is 6.10 Å². The molecule has 3 nitrogen and oxygen atoms in total. The highest BCUT2D eigenvalue weighted by atomic mass is 16.5. The maximum Gasteiger partial charge on any atom is 0.142 e. The van der Waals surface area contributed by atoms with E-state index in [4.69, 9.17) is 15.2 Å². The molecule has 1 heterocycles. The molecule has 0 aliphatic carbocycles. The fourth-order valence-corrected chi connectivity index (χ4v) is 1.56. The number of hydrogen-bond donors (Lipinski definition) is 1. The number of nitrogen functional groups attached to an aromatic ring is 1. The molecule has 1 aliphatic heterocycles. The molecule has 0 amide bonds. The topological polar surface area (TPSA) is 44.5 Å². The van der Waals surface area contributed by atoms with Crippen LogP contribution in [0.5, 0.6) is 5.75 Å². The molecule has 1 fully saturated rings. The van der Waals surface area contributed by atoms with Crippen molar-refractivity contribution in [3.8, 4) is 5.75 Å². The molecule has 0 bridgehead atoms. The minimum absolute atomic E-state index is 0.167. The standard InChI is InChI=1S/C11H15NO2/c1-8-2-3-11(10(12)6-8)14-9-4-5-13-7-9/h2-3,6,9H,4-5,7,12H2,1H3/t9-/m1/s1. The molecule has 2 N–H and O–H groups in total. The highest BCUT2D eigenvalue weighted by Gasteiger charge is 2.17. The molecule has 14 heavy (non-hydrogen) atoms. The van der Waals surface area contributed by atoms with E-state index in [0.29, 0.717) is 12.3 Å². The molecule has 1 saturated heterocycles. The van der Waals surface area contributed by atoms with Crippen LogP contribution in [0.1, 0.15) is 12.0 Å². The zero-order chi connectivity index (χ0) is 9.97. The van der Waals surface area contributed by atoms with Gasteiger partial charge in [-0.05, 0) is 24.6 Å². The normalized spacial score (nSPS) is 21.1. The molecule has 1 aromatic carbocycles. The Morgan fingerprint density at radius 1 is 1.50 bits per heavy atom. The van der Waals surface area contributed by atoms with E-state index in [1.807, 2.05) is 25.1 Å². The van der Waals surface area contributed by atoms with Crippen molar-refractivity contribution < 1.29 is 9.47 Å². The summed E-state index contributed by atoms with van der Waals surface area (Å²) in [5.74, 6) is 0.770. The zero-order valence-electron chi connectivity index (χ0n) is 8.32. The van der Waals surface area contributed by atoms with Crippen LogP contribution in [0.15, 0.2) is 18.2 Å². The number of benzene rings is 1. The Morgan fingerprint density at radius 3 is 3.00 bits per heavy atom. The Hall–Kier alpha value is -1.22. The molecule has 0 aromatic heterocycles. The number of ether oxygens (including phenoxy) is 2. The number of aryl methyl sites for hydroxylation is 1. The fraction of sp³-hybridized carbons (Fsp3) is 0.455. The lowest BCUT2D eigenvalue weighted by Crippen LogP contribution is -2.16. The molecule has 76 valence electrons. The summed E-state index contributed by atoms with van der Waals surface area (Å²) in [6, 6.07) is 5.84. The summed E-state index contributed by atoms with van der Waals surface area (Å²) < 4.78 is 10.9. The van der Waals surface area contributed by atoms with E-state index in [1.54, 1.807) is 0 Å². The van der Waals surface area contributed by atoms with Crippen LogP contribution in [0.2, 0.25) is 0 Å². The highest BCUT2D eigenvalue weighted by Crippen LogP contribution is 2.24. The molecule has 2 rings (SSSR count). The Balaban J connectivity index is 2.08. The van der Waals surface area contributed by atoms with E-state index < -0.39 is 0 Å². The molecule has 0 saturated carbocycles. The predicted molar refractivity (Wildman–Crippen MR) is 55.4 cm³/mol. The lowest BCUT2D eigenvalue weighted by Gasteiger charge is -2.13. The van der Waals surface area contributed by atoms with Crippen LogP contribution < -0.4 is 10.5 Å². The van der Waals surface area contributed by atoms with Crippen molar-refractivity contribution in [1.82, 2.24) is 0 Å². The minimum Gasteiger partial charge on any atom is -0.486 e. The number of nitrogens with two attached hydrogens (primary N) is 1. The van der Waals surface area contributed by atoms with Gasteiger partial charge in [-0.2, -0.15) is 0 Å². The van der Waals surface area contributed by atoms with Crippen molar-refractivity contribution in [1.29, 1.82) is 0 Å². The maximum atomic E-state index is 5.83. The quantitative estimate of drug-likeness (QED) is 0.728. The van der Waals surface area contributed by atoms with E-state index >= 15 is 0 Å².